The zero-order valence-corrected chi connectivity index (χ0v) is 22.8. The molecule has 10 heteroatoms. The minimum atomic E-state index is -1.17. The van der Waals surface area contributed by atoms with Crippen LogP contribution in [0.25, 0.3) is 0 Å². The highest BCUT2D eigenvalue weighted by atomic mass is 16.6. The van der Waals surface area contributed by atoms with Crippen molar-refractivity contribution in [3.63, 3.8) is 0 Å². The smallest absolute Gasteiger partial charge is 0.347 e. The molecule has 0 aliphatic carbocycles. The third-order valence-corrected chi connectivity index (χ3v) is 5.79. The molecule has 5 aromatic rings. The summed E-state index contributed by atoms with van der Waals surface area (Å²) < 4.78 is 15.6. The molecule has 0 aliphatic heterocycles. The average molecular weight is 593 g/mol. The second kappa shape index (κ2) is 14.5. The Labute approximate surface area is 250 Å². The first-order valence-corrected chi connectivity index (χ1v) is 12.9. The predicted molar refractivity (Wildman–Crippen MR) is 157 cm³/mol. The van der Waals surface area contributed by atoms with E-state index in [0.717, 1.165) is 0 Å². The Hall–Kier alpha value is -6.42. The summed E-state index contributed by atoms with van der Waals surface area (Å²) in [6.07, 6.45) is 0. The van der Waals surface area contributed by atoms with E-state index in [1.807, 2.05) is 6.07 Å². The Morgan fingerprint density at radius 3 is 1.32 bits per heavy atom. The van der Waals surface area contributed by atoms with Crippen LogP contribution in [0.4, 0.5) is 0 Å². The molecule has 5 aromatic carbocycles. The van der Waals surface area contributed by atoms with Crippen molar-refractivity contribution in [2.24, 2.45) is 0 Å². The van der Waals surface area contributed by atoms with Crippen molar-refractivity contribution in [3.8, 4) is 28.7 Å². The summed E-state index contributed by atoms with van der Waals surface area (Å²) in [5.41, 5.74) is 0.523. The number of aromatic carboxylic acids is 1. The third kappa shape index (κ3) is 8.30. The van der Waals surface area contributed by atoms with Gasteiger partial charge in [0.2, 0.25) is 0 Å². The topological polar surface area (TPSA) is 157 Å². The van der Waals surface area contributed by atoms with E-state index in [1.54, 1.807) is 48.5 Å². The highest BCUT2D eigenvalue weighted by Gasteiger charge is 2.18. The second-order valence-electron chi connectivity index (χ2n) is 8.87. The van der Waals surface area contributed by atoms with Gasteiger partial charge in [0.15, 0.2) is 0 Å². The summed E-state index contributed by atoms with van der Waals surface area (Å²) in [6.45, 7) is 0. The Balaban J connectivity index is 0.000000209. The van der Waals surface area contributed by atoms with Gasteiger partial charge in [0.25, 0.3) is 0 Å². The standard InChI is InChI=1S/C20H14O5.C14H10O5/c21-15-12-10-14(11-13-15)19(22)25-18-9-5-4-8-17(18)20(23)24-16-6-2-1-3-7-16;15-10-7-5-9(6-8-10)14(18)19-12-4-2-1-3-11(12)13(16)17/h1-13,21H;1-8,15H,(H,16,17). The minimum absolute atomic E-state index is 0.0203. The SMILES string of the molecule is O=C(Oc1ccccc1C(=O)O)c1ccc(O)cc1.O=C(Oc1ccccc1C(=O)Oc1ccccc1)c1ccc(O)cc1. The fourth-order valence-corrected chi connectivity index (χ4v) is 3.62. The molecule has 0 amide bonds. The van der Waals surface area contributed by atoms with Gasteiger partial charge in [-0.15, -0.1) is 0 Å². The molecule has 0 saturated heterocycles. The van der Waals surface area contributed by atoms with E-state index in [4.69, 9.17) is 24.4 Å². The Morgan fingerprint density at radius 1 is 0.432 bits per heavy atom. The first-order chi connectivity index (χ1) is 21.2. The first kappa shape index (κ1) is 30.5. The molecule has 0 atom stereocenters. The maximum atomic E-state index is 12.4. The lowest BCUT2D eigenvalue weighted by Crippen LogP contribution is -2.14. The first-order valence-electron chi connectivity index (χ1n) is 12.9. The van der Waals surface area contributed by atoms with Crippen LogP contribution in [-0.4, -0.2) is 39.2 Å². The van der Waals surface area contributed by atoms with Gasteiger partial charge in [-0.1, -0.05) is 42.5 Å². The molecule has 220 valence electrons. The summed E-state index contributed by atoms with van der Waals surface area (Å²) >= 11 is 0. The van der Waals surface area contributed by atoms with Crippen molar-refractivity contribution in [1.29, 1.82) is 0 Å². The van der Waals surface area contributed by atoms with Crippen molar-refractivity contribution in [2.45, 2.75) is 0 Å². The summed E-state index contributed by atoms with van der Waals surface area (Å²) in [5.74, 6) is -2.57. The van der Waals surface area contributed by atoms with Crippen LogP contribution >= 0.6 is 0 Å². The maximum absolute atomic E-state index is 12.4. The number of carboxylic acids is 1. The monoisotopic (exact) mass is 592 g/mol. The number of ether oxygens (including phenoxy) is 3. The predicted octanol–water partition coefficient (Wildman–Crippen LogP) is 6.14. The molecule has 0 heterocycles. The van der Waals surface area contributed by atoms with E-state index in [1.165, 1.54) is 72.8 Å². The Morgan fingerprint density at radius 2 is 0.841 bits per heavy atom. The number of carbonyl (C=O) groups excluding carboxylic acids is 3. The van der Waals surface area contributed by atoms with Crippen LogP contribution in [0.2, 0.25) is 0 Å². The molecule has 0 aliphatic rings. The van der Waals surface area contributed by atoms with Crippen LogP contribution in [0.1, 0.15) is 41.4 Å². The van der Waals surface area contributed by atoms with Crippen LogP contribution in [-0.2, 0) is 0 Å². The molecule has 0 unspecified atom stereocenters. The molecular formula is C34H24O10. The Kier molecular flexibility index (Phi) is 10.0. The molecule has 0 radical (unpaired) electrons. The van der Waals surface area contributed by atoms with Crippen molar-refractivity contribution >= 4 is 23.9 Å². The fourth-order valence-electron chi connectivity index (χ4n) is 3.62. The zero-order valence-electron chi connectivity index (χ0n) is 22.8. The van der Waals surface area contributed by atoms with Gasteiger partial charge in [-0.2, -0.15) is 0 Å². The average Bonchev–Trinajstić information content (AvgIpc) is 3.03. The molecule has 44 heavy (non-hydrogen) atoms. The largest absolute Gasteiger partial charge is 0.508 e. The number of carbonyl (C=O) groups is 4. The number of hydrogen-bond donors (Lipinski definition) is 3. The normalized spacial score (nSPS) is 10.0. The summed E-state index contributed by atoms with van der Waals surface area (Å²) in [6, 6.07) is 31.9. The van der Waals surface area contributed by atoms with Gasteiger partial charge in [0.1, 0.15) is 39.9 Å². The molecule has 0 saturated carbocycles. The maximum Gasteiger partial charge on any atom is 0.347 e. The lowest BCUT2D eigenvalue weighted by atomic mass is 10.2. The van der Waals surface area contributed by atoms with E-state index in [0.29, 0.717) is 5.75 Å². The highest BCUT2D eigenvalue weighted by Crippen LogP contribution is 2.23. The summed E-state index contributed by atoms with van der Waals surface area (Å²) in [4.78, 5) is 47.3. The number of para-hydroxylation sites is 3. The molecule has 5 rings (SSSR count). The van der Waals surface area contributed by atoms with Crippen LogP contribution < -0.4 is 14.2 Å². The Bertz CT molecular complexity index is 1760. The van der Waals surface area contributed by atoms with Crippen LogP contribution in [0.5, 0.6) is 28.7 Å². The van der Waals surface area contributed by atoms with E-state index in [-0.39, 0.29) is 45.3 Å². The van der Waals surface area contributed by atoms with Crippen molar-refractivity contribution in [3.05, 3.63) is 150 Å². The summed E-state index contributed by atoms with van der Waals surface area (Å²) in [7, 11) is 0. The number of benzene rings is 5. The lowest BCUT2D eigenvalue weighted by Gasteiger charge is -2.10. The zero-order chi connectivity index (χ0) is 31.5. The van der Waals surface area contributed by atoms with Gasteiger partial charge in [-0.3, -0.25) is 0 Å². The van der Waals surface area contributed by atoms with Gasteiger partial charge < -0.3 is 29.5 Å². The van der Waals surface area contributed by atoms with Gasteiger partial charge in [0.05, 0.1) is 11.1 Å². The van der Waals surface area contributed by atoms with Crippen molar-refractivity contribution in [2.75, 3.05) is 0 Å². The van der Waals surface area contributed by atoms with Crippen molar-refractivity contribution < 1.29 is 48.7 Å². The number of rotatable bonds is 7. The van der Waals surface area contributed by atoms with E-state index in [9.17, 15) is 24.3 Å². The molecule has 0 aromatic heterocycles. The lowest BCUT2D eigenvalue weighted by molar-refractivity contribution is 0.0671. The number of esters is 3. The number of hydrogen-bond acceptors (Lipinski definition) is 9. The number of phenols is 2. The third-order valence-electron chi connectivity index (χ3n) is 5.79. The van der Waals surface area contributed by atoms with E-state index >= 15 is 0 Å². The highest BCUT2D eigenvalue weighted by molar-refractivity contribution is 5.97. The number of phenolic OH excluding ortho intramolecular Hbond substituents is 2. The molecule has 10 nitrogen and oxygen atoms in total. The van der Waals surface area contributed by atoms with Crippen LogP contribution in [0.3, 0.4) is 0 Å². The van der Waals surface area contributed by atoms with Crippen LogP contribution in [0.15, 0.2) is 127 Å². The van der Waals surface area contributed by atoms with Gasteiger partial charge >= 0.3 is 23.9 Å². The molecule has 3 N–H and O–H groups in total. The van der Waals surface area contributed by atoms with E-state index < -0.39 is 23.9 Å². The van der Waals surface area contributed by atoms with Crippen LogP contribution in [0, 0.1) is 0 Å². The minimum Gasteiger partial charge on any atom is -0.508 e. The van der Waals surface area contributed by atoms with Gasteiger partial charge in [0, 0.05) is 0 Å². The molecular weight excluding hydrogens is 568 g/mol. The van der Waals surface area contributed by atoms with Gasteiger partial charge in [-0.25, -0.2) is 19.2 Å². The molecule has 0 spiro atoms. The molecule has 0 bridgehead atoms. The fraction of sp³-hybridized carbons (Fsp3) is 0. The number of aromatic hydroxyl groups is 2. The van der Waals surface area contributed by atoms with Crippen molar-refractivity contribution in [1.82, 2.24) is 0 Å². The molecule has 0 fully saturated rings. The quantitative estimate of drug-likeness (QED) is 0.148. The summed E-state index contributed by atoms with van der Waals surface area (Å²) in [5, 5.41) is 27.3. The second-order valence-corrected chi connectivity index (χ2v) is 8.87. The van der Waals surface area contributed by atoms with Gasteiger partial charge in [-0.05, 0) is 84.9 Å². The van der Waals surface area contributed by atoms with E-state index in [2.05, 4.69) is 0 Å². The number of carboxylic acid groups (broad SMARTS) is 1.